The van der Waals surface area contributed by atoms with Crippen LogP contribution in [0.15, 0.2) is 6.07 Å². The van der Waals surface area contributed by atoms with Crippen molar-refractivity contribution in [3.05, 3.63) is 11.8 Å². The molecule has 1 heterocycles. The molecule has 0 saturated heterocycles. The molecule has 0 bridgehead atoms. The number of nitrogen functional groups attached to an aromatic ring is 1. The third-order valence-corrected chi connectivity index (χ3v) is 1.78. The minimum atomic E-state index is -0.776. The number of rotatable bonds is 2. The molecule has 7 nitrogen and oxygen atoms in total. The molecule has 0 fully saturated rings. The van der Waals surface area contributed by atoms with Gasteiger partial charge in [-0.15, -0.1) is 5.10 Å². The van der Waals surface area contributed by atoms with E-state index in [9.17, 15) is 9.59 Å². The molecule has 2 N–H and O–H groups in total. The molecule has 0 saturated carbocycles. The minimum Gasteiger partial charge on any atom is -0.461 e. The number of esters is 1. The van der Waals surface area contributed by atoms with Crippen molar-refractivity contribution in [3.8, 4) is 0 Å². The Morgan fingerprint density at radius 2 is 2.06 bits per heavy atom. The third-order valence-electron chi connectivity index (χ3n) is 1.78. The van der Waals surface area contributed by atoms with E-state index in [0.29, 0.717) is 0 Å². The molecule has 0 aromatic carbocycles. The second-order valence-electron chi connectivity index (χ2n) is 4.57. The topological polar surface area (TPSA) is 96.4 Å². The van der Waals surface area contributed by atoms with E-state index in [1.165, 1.54) is 6.07 Å². The zero-order chi connectivity index (χ0) is 13.9. The summed E-state index contributed by atoms with van der Waals surface area (Å²) in [6.45, 7) is 6.99. The monoisotopic (exact) mass is 255 g/mol. The van der Waals surface area contributed by atoms with Crippen LogP contribution >= 0.6 is 0 Å². The highest BCUT2D eigenvalue weighted by Crippen LogP contribution is 2.13. The van der Waals surface area contributed by atoms with Crippen LogP contribution in [0.5, 0.6) is 0 Å². The van der Waals surface area contributed by atoms with Crippen LogP contribution in [0, 0.1) is 0 Å². The van der Waals surface area contributed by atoms with Gasteiger partial charge in [-0.3, -0.25) is 0 Å². The zero-order valence-corrected chi connectivity index (χ0v) is 10.9. The van der Waals surface area contributed by atoms with Crippen LogP contribution in [0.4, 0.5) is 10.6 Å². The van der Waals surface area contributed by atoms with Crippen molar-refractivity contribution in [1.82, 2.24) is 9.78 Å². The Balaban J connectivity index is 3.02. The predicted octanol–water partition coefficient (Wildman–Crippen LogP) is 1.43. The van der Waals surface area contributed by atoms with Crippen LogP contribution in [0.25, 0.3) is 0 Å². The molecule has 0 unspecified atom stereocenters. The van der Waals surface area contributed by atoms with E-state index >= 15 is 0 Å². The van der Waals surface area contributed by atoms with Gasteiger partial charge in [0.2, 0.25) is 0 Å². The van der Waals surface area contributed by atoms with E-state index in [0.717, 1.165) is 4.68 Å². The van der Waals surface area contributed by atoms with Gasteiger partial charge >= 0.3 is 12.1 Å². The first-order valence-corrected chi connectivity index (χ1v) is 5.50. The fourth-order valence-corrected chi connectivity index (χ4v) is 1.19. The maximum Gasteiger partial charge on any atom is 0.436 e. The van der Waals surface area contributed by atoms with Gasteiger partial charge in [0.25, 0.3) is 0 Å². The molecular formula is C11H17N3O4. The molecule has 7 heteroatoms. The Bertz CT molecular complexity index is 459. The molecule has 0 radical (unpaired) electrons. The first kappa shape index (κ1) is 14.0. The van der Waals surface area contributed by atoms with Crippen molar-refractivity contribution in [2.45, 2.75) is 33.3 Å². The zero-order valence-electron chi connectivity index (χ0n) is 10.9. The summed E-state index contributed by atoms with van der Waals surface area (Å²) in [6, 6.07) is 1.27. The second kappa shape index (κ2) is 5.07. The largest absolute Gasteiger partial charge is 0.461 e. The highest BCUT2D eigenvalue weighted by Gasteiger charge is 2.24. The van der Waals surface area contributed by atoms with Crippen LogP contribution in [0.2, 0.25) is 0 Å². The lowest BCUT2D eigenvalue weighted by Gasteiger charge is -2.19. The van der Waals surface area contributed by atoms with Crippen molar-refractivity contribution in [2.24, 2.45) is 0 Å². The molecular weight excluding hydrogens is 238 g/mol. The van der Waals surface area contributed by atoms with Gasteiger partial charge in [-0.05, 0) is 27.7 Å². The Morgan fingerprint density at radius 1 is 1.44 bits per heavy atom. The van der Waals surface area contributed by atoms with E-state index in [2.05, 4.69) is 5.10 Å². The lowest BCUT2D eigenvalue weighted by atomic mass is 10.2. The third kappa shape index (κ3) is 3.47. The van der Waals surface area contributed by atoms with Crippen LogP contribution in [0.1, 0.15) is 38.2 Å². The van der Waals surface area contributed by atoms with Crippen molar-refractivity contribution in [3.63, 3.8) is 0 Å². The van der Waals surface area contributed by atoms with E-state index < -0.39 is 17.7 Å². The average molecular weight is 255 g/mol. The predicted molar refractivity (Wildman–Crippen MR) is 64.2 cm³/mol. The summed E-state index contributed by atoms with van der Waals surface area (Å²) in [5.74, 6) is -0.628. The SMILES string of the molecule is CCOC(=O)c1cc(N)nn1C(=O)OC(C)(C)C. The van der Waals surface area contributed by atoms with Crippen LogP contribution in [-0.4, -0.2) is 34.1 Å². The number of hydrogen-bond acceptors (Lipinski definition) is 6. The van der Waals surface area contributed by atoms with E-state index in [1.807, 2.05) is 0 Å². The molecule has 0 aliphatic carbocycles. The van der Waals surface area contributed by atoms with Gasteiger partial charge < -0.3 is 15.2 Å². The van der Waals surface area contributed by atoms with Gasteiger partial charge in [-0.2, -0.15) is 4.68 Å². The lowest BCUT2D eigenvalue weighted by molar-refractivity contribution is 0.0433. The summed E-state index contributed by atoms with van der Waals surface area (Å²) in [5, 5.41) is 3.72. The number of nitrogens with two attached hydrogens (primary N) is 1. The lowest BCUT2D eigenvalue weighted by Crippen LogP contribution is -2.29. The summed E-state index contributed by atoms with van der Waals surface area (Å²) >= 11 is 0. The first-order chi connectivity index (χ1) is 8.24. The van der Waals surface area contributed by atoms with Crippen molar-refractivity contribution in [1.29, 1.82) is 0 Å². The number of carbonyl (C=O) groups excluding carboxylic acids is 2. The smallest absolute Gasteiger partial charge is 0.436 e. The number of hydrogen-bond donors (Lipinski definition) is 1. The molecule has 0 aliphatic rings. The maximum absolute atomic E-state index is 11.8. The van der Waals surface area contributed by atoms with Crippen molar-refractivity contribution < 1.29 is 19.1 Å². The fraction of sp³-hybridized carbons (Fsp3) is 0.545. The summed E-state index contributed by atoms with van der Waals surface area (Å²) in [4.78, 5) is 23.4. The van der Waals surface area contributed by atoms with Crippen LogP contribution < -0.4 is 5.73 Å². The van der Waals surface area contributed by atoms with E-state index in [-0.39, 0.29) is 18.1 Å². The van der Waals surface area contributed by atoms with Crippen molar-refractivity contribution in [2.75, 3.05) is 12.3 Å². The number of nitrogens with zero attached hydrogens (tertiary/aromatic N) is 2. The molecule has 1 aromatic heterocycles. The molecule has 18 heavy (non-hydrogen) atoms. The Labute approximate surface area is 105 Å². The van der Waals surface area contributed by atoms with Crippen LogP contribution in [0.3, 0.4) is 0 Å². The first-order valence-electron chi connectivity index (χ1n) is 5.50. The van der Waals surface area contributed by atoms with E-state index in [4.69, 9.17) is 15.2 Å². The molecule has 0 amide bonds. The average Bonchev–Trinajstić information content (AvgIpc) is 2.58. The summed E-state index contributed by atoms with van der Waals surface area (Å²) < 4.78 is 10.7. The highest BCUT2D eigenvalue weighted by molar-refractivity contribution is 5.92. The molecule has 0 atom stereocenters. The van der Waals surface area contributed by atoms with Gasteiger partial charge in [-0.25, -0.2) is 9.59 Å². The molecule has 100 valence electrons. The minimum absolute atomic E-state index is 0.0453. The number of anilines is 1. The standard InChI is InChI=1S/C11H17N3O4/c1-5-17-9(15)7-6-8(12)13-14(7)10(16)18-11(2,3)4/h6H,5H2,1-4H3,(H2,12,13). The number of aromatic nitrogens is 2. The Hall–Kier alpha value is -2.05. The van der Waals surface area contributed by atoms with Crippen LogP contribution in [-0.2, 0) is 9.47 Å². The van der Waals surface area contributed by atoms with Gasteiger partial charge in [-0.1, -0.05) is 0 Å². The van der Waals surface area contributed by atoms with Gasteiger partial charge in [0.15, 0.2) is 5.69 Å². The molecule has 1 aromatic rings. The highest BCUT2D eigenvalue weighted by atomic mass is 16.6. The van der Waals surface area contributed by atoms with Crippen molar-refractivity contribution >= 4 is 17.9 Å². The second-order valence-corrected chi connectivity index (χ2v) is 4.57. The van der Waals surface area contributed by atoms with Gasteiger partial charge in [0.05, 0.1) is 6.61 Å². The van der Waals surface area contributed by atoms with Gasteiger partial charge in [0.1, 0.15) is 11.4 Å². The molecule has 1 rings (SSSR count). The van der Waals surface area contributed by atoms with E-state index in [1.54, 1.807) is 27.7 Å². The number of ether oxygens (including phenoxy) is 2. The quantitative estimate of drug-likeness (QED) is 0.803. The molecule has 0 aliphatic heterocycles. The summed E-state index contributed by atoms with van der Waals surface area (Å²) in [7, 11) is 0. The maximum atomic E-state index is 11.8. The van der Waals surface area contributed by atoms with Gasteiger partial charge in [0, 0.05) is 6.07 Å². The molecule has 0 spiro atoms. The Kier molecular flexibility index (Phi) is 3.95. The summed E-state index contributed by atoms with van der Waals surface area (Å²) in [6.07, 6.45) is -0.776. The summed E-state index contributed by atoms with van der Waals surface area (Å²) in [5.41, 5.74) is 4.72. The fourth-order valence-electron chi connectivity index (χ4n) is 1.19. The normalized spacial score (nSPS) is 11.1. The number of carbonyl (C=O) groups is 2. The Morgan fingerprint density at radius 3 is 2.56 bits per heavy atom.